The monoisotopic (exact) mass is 459 g/mol. The predicted octanol–water partition coefficient (Wildman–Crippen LogP) is 5.86. The van der Waals surface area contributed by atoms with Crippen LogP contribution in [0.15, 0.2) is 36.5 Å². The number of hydrogen-bond donors (Lipinski definition) is 1. The molecule has 10 heteroatoms. The Bertz CT molecular complexity index is 1300. The van der Waals surface area contributed by atoms with E-state index in [9.17, 15) is 0 Å². The number of pyridine rings is 2. The fourth-order valence-corrected chi connectivity index (χ4v) is 3.43. The molecule has 0 spiro atoms. The molecule has 0 amide bonds. The second-order valence-corrected chi connectivity index (χ2v) is 7.40. The Morgan fingerprint density at radius 2 is 2.00 bits per heavy atom. The van der Waals surface area contributed by atoms with Gasteiger partial charge in [0, 0.05) is 16.6 Å². The number of fused-ring (bicyclic) bond motifs is 1. The van der Waals surface area contributed by atoms with Crippen molar-refractivity contribution < 1.29 is 9.47 Å². The minimum Gasteiger partial charge on any atom is -0.470 e. The number of aromatic nitrogens is 4. The van der Waals surface area contributed by atoms with Crippen LogP contribution in [0.5, 0.6) is 17.4 Å². The van der Waals surface area contributed by atoms with Crippen molar-refractivity contribution in [2.24, 2.45) is 0 Å². The molecule has 3 aromatic heterocycles. The highest BCUT2D eigenvalue weighted by Gasteiger charge is 2.20. The highest BCUT2D eigenvalue weighted by molar-refractivity contribution is 6.38. The molecule has 0 saturated heterocycles. The first-order chi connectivity index (χ1) is 14.5. The van der Waals surface area contributed by atoms with Gasteiger partial charge in [0.2, 0.25) is 5.88 Å². The third-order valence-corrected chi connectivity index (χ3v) is 5.15. The Labute approximate surface area is 186 Å². The summed E-state index contributed by atoms with van der Waals surface area (Å²) >= 11 is 18.9. The summed E-state index contributed by atoms with van der Waals surface area (Å²) in [5, 5.41) is 17.7. The quantitative estimate of drug-likeness (QED) is 0.400. The Morgan fingerprint density at radius 3 is 2.80 bits per heavy atom. The van der Waals surface area contributed by atoms with E-state index in [1.807, 2.05) is 18.2 Å². The van der Waals surface area contributed by atoms with Crippen LogP contribution in [0.4, 0.5) is 0 Å². The molecular formula is C20H12Cl3N5O2. The zero-order valence-electron chi connectivity index (χ0n) is 15.4. The lowest BCUT2D eigenvalue weighted by Crippen LogP contribution is -2.02. The maximum Gasteiger partial charge on any atom is 0.237 e. The molecule has 0 fully saturated rings. The van der Waals surface area contributed by atoms with Crippen LogP contribution in [0, 0.1) is 18.3 Å². The summed E-state index contributed by atoms with van der Waals surface area (Å²) in [7, 11) is 0. The van der Waals surface area contributed by atoms with E-state index >= 15 is 0 Å². The maximum absolute atomic E-state index is 9.13. The average Bonchev–Trinajstić information content (AvgIpc) is 3.15. The second-order valence-electron chi connectivity index (χ2n) is 6.21. The summed E-state index contributed by atoms with van der Waals surface area (Å²) in [4.78, 5) is 8.50. The molecule has 150 valence electrons. The fraction of sp³-hybridized carbons (Fsp3) is 0.100. The van der Waals surface area contributed by atoms with E-state index in [1.54, 1.807) is 19.2 Å². The number of rotatable bonds is 5. The first kappa shape index (κ1) is 20.2. The number of nitrogens with zero attached hydrogens (tertiary/aromatic N) is 4. The van der Waals surface area contributed by atoms with Crippen LogP contribution in [-0.2, 0) is 6.61 Å². The Hall–Kier alpha value is -3.05. The number of aryl methyl sites for hydroxylation is 1. The van der Waals surface area contributed by atoms with Crippen molar-refractivity contribution in [2.75, 3.05) is 0 Å². The number of aromatic amines is 1. The number of H-pyrrole nitrogens is 1. The summed E-state index contributed by atoms with van der Waals surface area (Å²) in [6, 6.07) is 10.3. The number of nitriles is 1. The Balaban J connectivity index is 1.65. The lowest BCUT2D eigenvalue weighted by molar-refractivity contribution is 0.288. The molecule has 1 aromatic carbocycles. The molecule has 3 heterocycles. The number of halogens is 3. The van der Waals surface area contributed by atoms with Crippen molar-refractivity contribution in [3.8, 4) is 23.4 Å². The largest absolute Gasteiger partial charge is 0.470 e. The number of hydrogen-bond acceptors (Lipinski definition) is 6. The molecule has 7 nitrogen and oxygen atoms in total. The summed E-state index contributed by atoms with van der Waals surface area (Å²) in [5.41, 5.74) is 2.11. The van der Waals surface area contributed by atoms with Crippen molar-refractivity contribution in [3.05, 3.63) is 68.5 Å². The van der Waals surface area contributed by atoms with Crippen LogP contribution in [0.1, 0.15) is 17.0 Å². The highest BCUT2D eigenvalue weighted by Crippen LogP contribution is 2.43. The molecule has 4 rings (SSSR count). The zero-order chi connectivity index (χ0) is 21.3. The number of benzene rings is 1. The third kappa shape index (κ3) is 3.98. The van der Waals surface area contributed by atoms with Gasteiger partial charge in [-0.2, -0.15) is 10.4 Å². The first-order valence-corrected chi connectivity index (χ1v) is 9.74. The summed E-state index contributed by atoms with van der Waals surface area (Å²) in [6.45, 7) is 1.81. The van der Waals surface area contributed by atoms with E-state index in [-0.39, 0.29) is 28.3 Å². The van der Waals surface area contributed by atoms with Gasteiger partial charge in [0.05, 0.1) is 17.3 Å². The molecule has 0 aliphatic carbocycles. The first-order valence-electron chi connectivity index (χ1n) is 8.61. The standard InChI is InChI=1S/C20H12Cl3N5O2/c1-10-16(22)18(30-13-6-11(8-24)5-12(21)7-13)17(23)20(26-10)29-9-15-14-3-2-4-25-19(14)28-27-15/h2-7H,9H2,1H3,(H,25,27,28). The molecule has 4 aromatic rings. The van der Waals surface area contributed by atoms with Gasteiger partial charge in [-0.15, -0.1) is 0 Å². The van der Waals surface area contributed by atoms with Gasteiger partial charge in [-0.05, 0) is 37.3 Å². The van der Waals surface area contributed by atoms with E-state index in [2.05, 4.69) is 20.2 Å². The van der Waals surface area contributed by atoms with Crippen LogP contribution in [0.25, 0.3) is 11.0 Å². The molecule has 0 aliphatic heterocycles. The summed E-state index contributed by atoms with van der Waals surface area (Å²) < 4.78 is 11.6. The molecule has 30 heavy (non-hydrogen) atoms. The van der Waals surface area contributed by atoms with Gasteiger partial charge in [-0.3, -0.25) is 5.10 Å². The molecule has 0 radical (unpaired) electrons. The van der Waals surface area contributed by atoms with Gasteiger partial charge in [0.25, 0.3) is 0 Å². The highest BCUT2D eigenvalue weighted by atomic mass is 35.5. The van der Waals surface area contributed by atoms with Crippen molar-refractivity contribution in [2.45, 2.75) is 13.5 Å². The van der Waals surface area contributed by atoms with Crippen LogP contribution < -0.4 is 9.47 Å². The van der Waals surface area contributed by atoms with E-state index in [0.29, 0.717) is 33.4 Å². The van der Waals surface area contributed by atoms with E-state index in [0.717, 1.165) is 5.39 Å². The topological polar surface area (TPSA) is 96.7 Å². The normalized spacial score (nSPS) is 10.8. The van der Waals surface area contributed by atoms with Gasteiger partial charge in [0.15, 0.2) is 11.4 Å². The number of nitrogens with one attached hydrogen (secondary N) is 1. The van der Waals surface area contributed by atoms with Crippen molar-refractivity contribution in [1.82, 2.24) is 20.2 Å². The van der Waals surface area contributed by atoms with Gasteiger partial charge in [-0.1, -0.05) is 34.8 Å². The van der Waals surface area contributed by atoms with Crippen LogP contribution in [0.3, 0.4) is 0 Å². The SMILES string of the molecule is Cc1nc(OCc2n[nH]c3ncccc23)c(Cl)c(Oc2cc(Cl)cc(C#N)c2)c1Cl. The van der Waals surface area contributed by atoms with Crippen molar-refractivity contribution in [3.63, 3.8) is 0 Å². The summed E-state index contributed by atoms with van der Waals surface area (Å²) in [5.74, 6) is 0.598. The molecular weight excluding hydrogens is 449 g/mol. The van der Waals surface area contributed by atoms with Crippen LogP contribution in [-0.4, -0.2) is 20.2 Å². The van der Waals surface area contributed by atoms with E-state index < -0.39 is 0 Å². The fourth-order valence-electron chi connectivity index (χ4n) is 2.75. The molecule has 0 aliphatic rings. The molecule has 0 bridgehead atoms. The lowest BCUT2D eigenvalue weighted by atomic mass is 10.2. The van der Waals surface area contributed by atoms with Gasteiger partial charge >= 0.3 is 0 Å². The summed E-state index contributed by atoms with van der Waals surface area (Å²) in [6.07, 6.45) is 1.67. The molecule has 0 unspecified atom stereocenters. The molecule has 1 N–H and O–H groups in total. The zero-order valence-corrected chi connectivity index (χ0v) is 17.7. The van der Waals surface area contributed by atoms with Gasteiger partial charge in [-0.25, -0.2) is 9.97 Å². The maximum atomic E-state index is 9.13. The third-order valence-electron chi connectivity index (χ3n) is 4.15. The number of ether oxygens (including phenoxy) is 2. The van der Waals surface area contributed by atoms with E-state index in [1.165, 1.54) is 12.1 Å². The van der Waals surface area contributed by atoms with E-state index in [4.69, 9.17) is 49.5 Å². The lowest BCUT2D eigenvalue weighted by Gasteiger charge is -2.14. The van der Waals surface area contributed by atoms with Crippen molar-refractivity contribution >= 4 is 45.8 Å². The smallest absolute Gasteiger partial charge is 0.237 e. The van der Waals surface area contributed by atoms with Crippen LogP contribution in [0.2, 0.25) is 15.1 Å². The minimum absolute atomic E-state index is 0.0852. The van der Waals surface area contributed by atoms with Gasteiger partial charge < -0.3 is 9.47 Å². The Kier molecular flexibility index (Phi) is 5.64. The molecule has 0 saturated carbocycles. The minimum atomic E-state index is 0.0852. The molecule has 0 atom stereocenters. The Morgan fingerprint density at radius 1 is 1.17 bits per heavy atom. The predicted molar refractivity (Wildman–Crippen MR) is 113 cm³/mol. The van der Waals surface area contributed by atoms with Crippen molar-refractivity contribution in [1.29, 1.82) is 5.26 Å². The second kappa shape index (κ2) is 8.36. The van der Waals surface area contributed by atoms with Gasteiger partial charge in [0.1, 0.15) is 28.1 Å². The average molecular weight is 461 g/mol. The van der Waals surface area contributed by atoms with Crippen LogP contribution >= 0.6 is 34.8 Å².